The monoisotopic (exact) mass is 375 g/mol. The Morgan fingerprint density at radius 3 is 2.85 bits per heavy atom. The summed E-state index contributed by atoms with van der Waals surface area (Å²) in [6.45, 7) is 0.656. The molecule has 3 unspecified atom stereocenters. The van der Waals surface area contributed by atoms with Crippen molar-refractivity contribution in [3.05, 3.63) is 35.2 Å². The molecule has 2 saturated heterocycles. The normalized spacial score (nSPS) is 24.8. The summed E-state index contributed by atoms with van der Waals surface area (Å²) >= 11 is 5.90. The van der Waals surface area contributed by atoms with Gasteiger partial charge in [0.15, 0.2) is 5.96 Å². The maximum Gasteiger partial charge on any atom is 0.228 e. The van der Waals surface area contributed by atoms with Crippen LogP contribution in [0, 0.1) is 0 Å². The van der Waals surface area contributed by atoms with Crippen LogP contribution in [-0.4, -0.2) is 47.9 Å². The standard InChI is InChI=1S/C18H22ClN5O2/c1-20-18(22-14-10-13-6-7-15(14)25-13)21-9-8-16-23-17(24-26-16)11-2-4-12(19)5-3-11/h2-5,13-15H,6-10H2,1H3,(H2,20,21,22). The van der Waals surface area contributed by atoms with Crippen molar-refractivity contribution in [2.45, 2.75) is 43.9 Å². The predicted octanol–water partition coefficient (Wildman–Crippen LogP) is 2.42. The van der Waals surface area contributed by atoms with Crippen LogP contribution in [0.1, 0.15) is 25.2 Å². The average molecular weight is 376 g/mol. The zero-order valence-corrected chi connectivity index (χ0v) is 15.4. The summed E-state index contributed by atoms with van der Waals surface area (Å²) in [5.74, 6) is 1.93. The van der Waals surface area contributed by atoms with Crippen LogP contribution in [0.3, 0.4) is 0 Å². The minimum absolute atomic E-state index is 0.316. The zero-order chi connectivity index (χ0) is 17.9. The number of guanidine groups is 1. The Morgan fingerprint density at radius 1 is 1.31 bits per heavy atom. The van der Waals surface area contributed by atoms with E-state index in [1.54, 1.807) is 7.05 Å². The van der Waals surface area contributed by atoms with Crippen LogP contribution in [0.4, 0.5) is 0 Å². The lowest BCUT2D eigenvalue weighted by Crippen LogP contribution is -2.47. The first-order chi connectivity index (χ1) is 12.7. The quantitative estimate of drug-likeness (QED) is 0.616. The molecule has 2 aliphatic heterocycles. The van der Waals surface area contributed by atoms with Gasteiger partial charge in [-0.2, -0.15) is 4.98 Å². The number of nitrogens with one attached hydrogen (secondary N) is 2. The number of fused-ring (bicyclic) bond motifs is 2. The molecule has 7 nitrogen and oxygen atoms in total. The number of nitrogens with zero attached hydrogens (tertiary/aromatic N) is 3. The number of rotatable bonds is 5. The van der Waals surface area contributed by atoms with Crippen LogP contribution >= 0.6 is 11.6 Å². The molecule has 1 aromatic carbocycles. The lowest BCUT2D eigenvalue weighted by atomic mass is 9.96. The Morgan fingerprint density at radius 2 is 2.15 bits per heavy atom. The first-order valence-electron chi connectivity index (χ1n) is 8.92. The summed E-state index contributed by atoms with van der Waals surface area (Å²) in [6, 6.07) is 7.71. The molecule has 0 aliphatic carbocycles. The Kier molecular flexibility index (Phi) is 5.08. The van der Waals surface area contributed by atoms with Crippen molar-refractivity contribution in [2.75, 3.05) is 13.6 Å². The lowest BCUT2D eigenvalue weighted by Gasteiger charge is -2.22. The third-order valence-corrected chi connectivity index (χ3v) is 5.11. The average Bonchev–Trinajstić information content (AvgIpc) is 3.38. The molecule has 2 fully saturated rings. The van der Waals surface area contributed by atoms with Gasteiger partial charge in [0.05, 0.1) is 18.2 Å². The maximum absolute atomic E-state index is 5.90. The van der Waals surface area contributed by atoms with E-state index >= 15 is 0 Å². The fourth-order valence-electron chi connectivity index (χ4n) is 3.52. The molecular weight excluding hydrogens is 354 g/mol. The van der Waals surface area contributed by atoms with Gasteiger partial charge in [-0.3, -0.25) is 4.99 Å². The van der Waals surface area contributed by atoms with Crippen LogP contribution in [0.5, 0.6) is 0 Å². The zero-order valence-electron chi connectivity index (χ0n) is 14.6. The predicted molar refractivity (Wildman–Crippen MR) is 99.2 cm³/mol. The second-order valence-electron chi connectivity index (χ2n) is 6.63. The Balaban J connectivity index is 1.27. The Labute approximate surface area is 157 Å². The van der Waals surface area contributed by atoms with Gasteiger partial charge in [0.2, 0.25) is 11.7 Å². The van der Waals surface area contributed by atoms with Crippen LogP contribution in [0.25, 0.3) is 11.4 Å². The number of hydrogen-bond donors (Lipinski definition) is 2. The topological polar surface area (TPSA) is 84.6 Å². The van der Waals surface area contributed by atoms with Crippen LogP contribution in [-0.2, 0) is 11.2 Å². The van der Waals surface area contributed by atoms with E-state index in [4.69, 9.17) is 20.9 Å². The SMILES string of the molecule is CN=C(NCCc1nc(-c2ccc(Cl)cc2)no1)NC1CC2CCC1O2. The molecule has 8 heteroatoms. The second kappa shape index (κ2) is 7.63. The summed E-state index contributed by atoms with van der Waals surface area (Å²) in [7, 11) is 1.77. The fraction of sp³-hybridized carbons (Fsp3) is 0.500. The number of benzene rings is 1. The van der Waals surface area contributed by atoms with Crippen molar-refractivity contribution in [1.82, 2.24) is 20.8 Å². The summed E-state index contributed by atoms with van der Waals surface area (Å²) in [5, 5.41) is 11.5. The molecule has 3 atom stereocenters. The third-order valence-electron chi connectivity index (χ3n) is 4.85. The molecule has 0 radical (unpaired) electrons. The largest absolute Gasteiger partial charge is 0.373 e. The van der Waals surface area contributed by atoms with Gasteiger partial charge < -0.3 is 19.9 Å². The van der Waals surface area contributed by atoms with Gasteiger partial charge in [-0.25, -0.2) is 0 Å². The van der Waals surface area contributed by atoms with Gasteiger partial charge in [-0.15, -0.1) is 0 Å². The van der Waals surface area contributed by atoms with Crippen molar-refractivity contribution >= 4 is 17.6 Å². The molecule has 0 amide bonds. The molecule has 4 rings (SSSR count). The number of hydrogen-bond acceptors (Lipinski definition) is 5. The highest BCUT2D eigenvalue weighted by atomic mass is 35.5. The highest BCUT2D eigenvalue weighted by Gasteiger charge is 2.41. The summed E-state index contributed by atoms with van der Waals surface area (Å²) < 4.78 is 11.2. The highest BCUT2D eigenvalue weighted by molar-refractivity contribution is 6.30. The Hall–Kier alpha value is -2.12. The molecule has 3 heterocycles. The van der Waals surface area contributed by atoms with E-state index in [-0.39, 0.29) is 0 Å². The molecule has 0 spiro atoms. The van der Waals surface area contributed by atoms with Crippen molar-refractivity contribution in [3.8, 4) is 11.4 Å². The number of aromatic nitrogens is 2. The van der Waals surface area contributed by atoms with Crippen molar-refractivity contribution in [1.29, 1.82) is 0 Å². The minimum atomic E-state index is 0.316. The van der Waals surface area contributed by atoms with Gasteiger partial charge in [-0.1, -0.05) is 16.8 Å². The fourth-order valence-corrected chi connectivity index (χ4v) is 3.65. The lowest BCUT2D eigenvalue weighted by molar-refractivity contribution is 0.0992. The van der Waals surface area contributed by atoms with Crippen molar-refractivity contribution < 1.29 is 9.26 Å². The van der Waals surface area contributed by atoms with Crippen LogP contribution in [0.2, 0.25) is 5.02 Å². The van der Waals surface area contributed by atoms with Gasteiger partial charge in [0, 0.05) is 30.6 Å². The molecule has 1 aromatic heterocycles. The molecule has 0 saturated carbocycles. The first-order valence-corrected chi connectivity index (χ1v) is 9.30. The van der Waals surface area contributed by atoms with Crippen molar-refractivity contribution in [2.24, 2.45) is 4.99 Å². The summed E-state index contributed by atoms with van der Waals surface area (Å²) in [6.07, 6.45) is 4.72. The van der Waals surface area contributed by atoms with E-state index in [2.05, 4.69) is 25.8 Å². The van der Waals surface area contributed by atoms with E-state index in [1.807, 2.05) is 24.3 Å². The second-order valence-corrected chi connectivity index (χ2v) is 7.06. The number of halogens is 1. The first kappa shape index (κ1) is 17.3. The molecule has 2 aliphatic rings. The molecule has 2 bridgehead atoms. The smallest absolute Gasteiger partial charge is 0.228 e. The van der Waals surface area contributed by atoms with E-state index in [9.17, 15) is 0 Å². The summed E-state index contributed by atoms with van der Waals surface area (Å²) in [4.78, 5) is 8.71. The summed E-state index contributed by atoms with van der Waals surface area (Å²) in [5.41, 5.74) is 0.881. The maximum atomic E-state index is 5.90. The number of ether oxygens (including phenoxy) is 1. The Bertz CT molecular complexity index is 776. The third kappa shape index (κ3) is 3.83. The van der Waals surface area contributed by atoms with Crippen LogP contribution in [0.15, 0.2) is 33.8 Å². The van der Waals surface area contributed by atoms with E-state index in [0.717, 1.165) is 24.4 Å². The minimum Gasteiger partial charge on any atom is -0.373 e. The van der Waals surface area contributed by atoms with Gasteiger partial charge in [-0.05, 0) is 43.5 Å². The van der Waals surface area contributed by atoms with E-state index in [0.29, 0.717) is 48.0 Å². The molecule has 26 heavy (non-hydrogen) atoms. The number of aliphatic imine (C=N–C) groups is 1. The van der Waals surface area contributed by atoms with Gasteiger partial charge in [0.1, 0.15) is 0 Å². The van der Waals surface area contributed by atoms with Crippen LogP contribution < -0.4 is 10.6 Å². The molecule has 138 valence electrons. The molecule has 2 N–H and O–H groups in total. The van der Waals surface area contributed by atoms with E-state index in [1.165, 1.54) is 6.42 Å². The van der Waals surface area contributed by atoms with E-state index < -0.39 is 0 Å². The van der Waals surface area contributed by atoms with Gasteiger partial charge >= 0.3 is 0 Å². The molecule has 2 aromatic rings. The van der Waals surface area contributed by atoms with Gasteiger partial charge in [0.25, 0.3) is 0 Å². The van der Waals surface area contributed by atoms with Crippen molar-refractivity contribution in [3.63, 3.8) is 0 Å². The highest BCUT2D eigenvalue weighted by Crippen LogP contribution is 2.34. The molecular formula is C18H22ClN5O2.